The second kappa shape index (κ2) is 7.04. The molecule has 0 saturated carbocycles. The molecule has 1 atom stereocenters. The highest BCUT2D eigenvalue weighted by Gasteiger charge is 2.14. The van der Waals surface area contributed by atoms with Crippen LogP contribution >= 0.6 is 12.2 Å². The van der Waals surface area contributed by atoms with Crippen LogP contribution in [0.5, 0.6) is 0 Å². The quantitative estimate of drug-likeness (QED) is 0.819. The number of nitrogens with two attached hydrogens (primary N) is 1. The molecule has 1 heterocycles. The maximum atomic E-state index is 5.82. The van der Waals surface area contributed by atoms with Crippen LogP contribution in [0.15, 0.2) is 18.2 Å². The Balaban J connectivity index is 1.99. The van der Waals surface area contributed by atoms with E-state index < -0.39 is 0 Å². The standard InChI is InChI=1S/C16H25N3S/c1-12-6-7-15(14(10-12)16(17)20)18-13(2)11-19-8-4-3-5-9-19/h6-7,10,13,18H,3-5,8-9,11H2,1-2H3,(H2,17,20). The maximum absolute atomic E-state index is 5.82. The van der Waals surface area contributed by atoms with E-state index >= 15 is 0 Å². The first-order valence-corrected chi connectivity index (χ1v) is 7.86. The van der Waals surface area contributed by atoms with E-state index in [1.807, 2.05) is 0 Å². The van der Waals surface area contributed by atoms with E-state index in [9.17, 15) is 0 Å². The molecule has 0 radical (unpaired) electrons. The van der Waals surface area contributed by atoms with Crippen LogP contribution in [-0.2, 0) is 0 Å². The van der Waals surface area contributed by atoms with Gasteiger partial charge in [0.1, 0.15) is 4.99 Å². The van der Waals surface area contributed by atoms with Gasteiger partial charge in [0.05, 0.1) is 0 Å². The molecule has 0 aliphatic carbocycles. The molecule has 1 aliphatic rings. The van der Waals surface area contributed by atoms with Crippen LogP contribution in [0.3, 0.4) is 0 Å². The van der Waals surface area contributed by atoms with Gasteiger partial charge in [-0.1, -0.05) is 30.3 Å². The lowest BCUT2D eigenvalue weighted by Gasteiger charge is -2.30. The van der Waals surface area contributed by atoms with E-state index in [0.717, 1.165) is 17.8 Å². The van der Waals surface area contributed by atoms with Crippen LogP contribution in [0.2, 0.25) is 0 Å². The fourth-order valence-electron chi connectivity index (χ4n) is 2.83. The van der Waals surface area contributed by atoms with E-state index in [4.69, 9.17) is 18.0 Å². The molecule has 20 heavy (non-hydrogen) atoms. The van der Waals surface area contributed by atoms with Crippen molar-refractivity contribution in [2.45, 2.75) is 39.2 Å². The molecule has 0 aromatic heterocycles. The van der Waals surface area contributed by atoms with Crippen molar-refractivity contribution >= 4 is 22.9 Å². The van der Waals surface area contributed by atoms with Gasteiger partial charge in [-0.2, -0.15) is 0 Å². The van der Waals surface area contributed by atoms with Crippen molar-refractivity contribution in [3.8, 4) is 0 Å². The van der Waals surface area contributed by atoms with Crippen molar-refractivity contribution in [2.24, 2.45) is 5.73 Å². The molecule has 1 aromatic carbocycles. The highest BCUT2D eigenvalue weighted by molar-refractivity contribution is 7.80. The van der Waals surface area contributed by atoms with Crippen LogP contribution < -0.4 is 11.1 Å². The summed E-state index contributed by atoms with van der Waals surface area (Å²) < 4.78 is 0. The van der Waals surface area contributed by atoms with Crippen LogP contribution in [0.25, 0.3) is 0 Å². The van der Waals surface area contributed by atoms with Crippen molar-refractivity contribution in [1.29, 1.82) is 0 Å². The molecule has 1 unspecified atom stereocenters. The van der Waals surface area contributed by atoms with Crippen molar-refractivity contribution < 1.29 is 0 Å². The molecule has 1 aromatic rings. The van der Waals surface area contributed by atoms with Crippen molar-refractivity contribution in [2.75, 3.05) is 25.0 Å². The normalized spacial score (nSPS) is 17.7. The number of nitrogens with one attached hydrogen (secondary N) is 1. The zero-order valence-electron chi connectivity index (χ0n) is 12.5. The minimum Gasteiger partial charge on any atom is -0.389 e. The van der Waals surface area contributed by atoms with Crippen LogP contribution in [0, 0.1) is 6.92 Å². The molecule has 1 saturated heterocycles. The Bertz CT molecular complexity index is 467. The Labute approximate surface area is 127 Å². The van der Waals surface area contributed by atoms with E-state index in [2.05, 4.69) is 42.3 Å². The summed E-state index contributed by atoms with van der Waals surface area (Å²) in [5.41, 5.74) is 9.01. The van der Waals surface area contributed by atoms with Gasteiger partial charge in [-0.15, -0.1) is 0 Å². The predicted octanol–water partition coefficient (Wildman–Crippen LogP) is 2.92. The molecule has 110 valence electrons. The summed E-state index contributed by atoms with van der Waals surface area (Å²) >= 11 is 5.15. The lowest BCUT2D eigenvalue weighted by Crippen LogP contribution is -2.38. The highest BCUT2D eigenvalue weighted by atomic mass is 32.1. The second-order valence-electron chi connectivity index (χ2n) is 5.82. The molecule has 3 nitrogen and oxygen atoms in total. The van der Waals surface area contributed by atoms with Gasteiger partial charge in [0.2, 0.25) is 0 Å². The Morgan fingerprint density at radius 2 is 2.05 bits per heavy atom. The molecule has 1 aliphatic heterocycles. The number of anilines is 1. The predicted molar refractivity (Wildman–Crippen MR) is 90.4 cm³/mol. The third-order valence-electron chi connectivity index (χ3n) is 3.82. The van der Waals surface area contributed by atoms with Crippen molar-refractivity contribution in [3.63, 3.8) is 0 Å². The second-order valence-corrected chi connectivity index (χ2v) is 6.26. The summed E-state index contributed by atoms with van der Waals surface area (Å²) in [6, 6.07) is 6.62. The number of likely N-dealkylation sites (tertiary alicyclic amines) is 1. The molecule has 0 bridgehead atoms. The van der Waals surface area contributed by atoms with E-state index in [1.165, 1.54) is 37.9 Å². The number of aryl methyl sites for hydroxylation is 1. The summed E-state index contributed by atoms with van der Waals surface area (Å²) in [5.74, 6) is 0. The zero-order valence-corrected chi connectivity index (χ0v) is 13.3. The van der Waals surface area contributed by atoms with E-state index in [1.54, 1.807) is 0 Å². The average molecular weight is 291 g/mol. The average Bonchev–Trinajstić information content (AvgIpc) is 2.41. The highest BCUT2D eigenvalue weighted by Crippen LogP contribution is 2.19. The molecular formula is C16H25N3S. The monoisotopic (exact) mass is 291 g/mol. The smallest absolute Gasteiger partial charge is 0.106 e. The Morgan fingerprint density at radius 1 is 1.35 bits per heavy atom. The third kappa shape index (κ3) is 4.18. The summed E-state index contributed by atoms with van der Waals surface area (Å²) in [5, 5.41) is 3.56. The lowest BCUT2D eigenvalue weighted by atomic mass is 10.1. The summed E-state index contributed by atoms with van der Waals surface area (Å²) in [7, 11) is 0. The number of hydrogen-bond acceptors (Lipinski definition) is 3. The van der Waals surface area contributed by atoms with Crippen LogP contribution in [-0.4, -0.2) is 35.6 Å². The molecule has 3 N–H and O–H groups in total. The number of piperidine rings is 1. The van der Waals surface area contributed by atoms with Gasteiger partial charge in [-0.3, -0.25) is 0 Å². The Morgan fingerprint density at radius 3 is 2.70 bits per heavy atom. The van der Waals surface area contributed by atoms with Gasteiger partial charge in [-0.25, -0.2) is 0 Å². The molecule has 0 spiro atoms. The Kier molecular flexibility index (Phi) is 5.38. The summed E-state index contributed by atoms with van der Waals surface area (Å²) in [6.45, 7) is 7.80. The number of benzene rings is 1. The fourth-order valence-corrected chi connectivity index (χ4v) is 3.00. The van der Waals surface area contributed by atoms with E-state index in [0.29, 0.717) is 11.0 Å². The van der Waals surface area contributed by atoms with Gasteiger partial charge in [-0.05, 0) is 51.9 Å². The van der Waals surface area contributed by atoms with Crippen LogP contribution in [0.4, 0.5) is 5.69 Å². The first-order valence-electron chi connectivity index (χ1n) is 7.45. The molecular weight excluding hydrogens is 266 g/mol. The molecule has 0 amide bonds. The van der Waals surface area contributed by atoms with Crippen molar-refractivity contribution in [3.05, 3.63) is 29.3 Å². The number of hydrogen-bond donors (Lipinski definition) is 2. The molecule has 2 rings (SSSR count). The SMILES string of the molecule is Cc1ccc(NC(C)CN2CCCCC2)c(C(N)=S)c1. The zero-order chi connectivity index (χ0) is 14.5. The summed E-state index contributed by atoms with van der Waals surface area (Å²) in [6.07, 6.45) is 4.03. The molecule has 1 fully saturated rings. The van der Waals surface area contributed by atoms with Gasteiger partial charge in [0, 0.05) is 23.8 Å². The van der Waals surface area contributed by atoms with Gasteiger partial charge in [0.15, 0.2) is 0 Å². The number of thiocarbonyl (C=S) groups is 1. The maximum Gasteiger partial charge on any atom is 0.106 e. The lowest BCUT2D eigenvalue weighted by molar-refractivity contribution is 0.223. The first kappa shape index (κ1) is 15.3. The van der Waals surface area contributed by atoms with Crippen molar-refractivity contribution in [1.82, 2.24) is 4.90 Å². The fraction of sp³-hybridized carbons (Fsp3) is 0.562. The number of nitrogens with zero attached hydrogens (tertiary/aromatic N) is 1. The topological polar surface area (TPSA) is 41.3 Å². The van der Waals surface area contributed by atoms with Gasteiger partial charge >= 0.3 is 0 Å². The van der Waals surface area contributed by atoms with E-state index in [-0.39, 0.29) is 0 Å². The summed E-state index contributed by atoms with van der Waals surface area (Å²) in [4.78, 5) is 3.00. The Hall–Kier alpha value is -1.13. The largest absolute Gasteiger partial charge is 0.389 e. The van der Waals surface area contributed by atoms with Gasteiger partial charge in [0.25, 0.3) is 0 Å². The minimum absolute atomic E-state index is 0.393. The first-order chi connectivity index (χ1) is 9.56. The van der Waals surface area contributed by atoms with Crippen LogP contribution in [0.1, 0.15) is 37.3 Å². The van der Waals surface area contributed by atoms with Gasteiger partial charge < -0.3 is 16.0 Å². The minimum atomic E-state index is 0.393. The number of rotatable bonds is 5. The third-order valence-corrected chi connectivity index (χ3v) is 4.04. The molecule has 4 heteroatoms.